The number of nitrogens with zero attached hydrogens (tertiary/aromatic N) is 2. The maximum Gasteiger partial charge on any atom is 0.251 e. The number of halogens is 1. The Labute approximate surface area is 110 Å². The predicted octanol–water partition coefficient (Wildman–Crippen LogP) is 1.53. The van der Waals surface area contributed by atoms with Gasteiger partial charge in [-0.15, -0.1) is 0 Å². The molecule has 0 saturated carbocycles. The molecule has 1 N–H and O–H groups in total. The standard InChI is InChI=1S/C12H16BrN3O/c1-16-5-3-9(8-16)7-15-12(17)10-2-4-14-11(13)6-10/h2,4,6,9H,3,5,7-8H2,1H3,(H,15,17). The van der Waals surface area contributed by atoms with E-state index in [1.165, 1.54) is 0 Å². The average Bonchev–Trinajstić information content (AvgIpc) is 2.72. The third kappa shape index (κ3) is 3.51. The van der Waals surface area contributed by atoms with Crippen LogP contribution in [0.2, 0.25) is 0 Å². The van der Waals surface area contributed by atoms with Crippen molar-refractivity contribution in [2.45, 2.75) is 6.42 Å². The molecule has 0 radical (unpaired) electrons. The molecule has 0 bridgehead atoms. The van der Waals surface area contributed by atoms with E-state index in [-0.39, 0.29) is 5.91 Å². The third-order valence-electron chi connectivity index (χ3n) is 3.03. The second kappa shape index (κ2) is 5.60. The maximum absolute atomic E-state index is 11.9. The first kappa shape index (κ1) is 12.5. The van der Waals surface area contributed by atoms with Gasteiger partial charge in [-0.2, -0.15) is 0 Å². The smallest absolute Gasteiger partial charge is 0.251 e. The predicted molar refractivity (Wildman–Crippen MR) is 69.9 cm³/mol. The largest absolute Gasteiger partial charge is 0.352 e. The molecule has 1 aromatic heterocycles. The molecular formula is C12H16BrN3O. The normalized spacial score (nSPS) is 20.5. The summed E-state index contributed by atoms with van der Waals surface area (Å²) in [5.41, 5.74) is 0.651. The molecular weight excluding hydrogens is 282 g/mol. The van der Waals surface area contributed by atoms with Crippen molar-refractivity contribution in [3.63, 3.8) is 0 Å². The van der Waals surface area contributed by atoms with Crippen LogP contribution in [-0.4, -0.2) is 42.5 Å². The Morgan fingerprint density at radius 3 is 3.18 bits per heavy atom. The Hall–Kier alpha value is -0.940. The summed E-state index contributed by atoms with van der Waals surface area (Å²) in [5, 5.41) is 2.97. The molecule has 5 heteroatoms. The Kier molecular flexibility index (Phi) is 4.12. The zero-order chi connectivity index (χ0) is 12.3. The van der Waals surface area contributed by atoms with Crippen molar-refractivity contribution in [3.05, 3.63) is 28.5 Å². The van der Waals surface area contributed by atoms with Crippen LogP contribution < -0.4 is 5.32 Å². The minimum Gasteiger partial charge on any atom is -0.352 e. The summed E-state index contributed by atoms with van der Waals surface area (Å²) in [7, 11) is 2.11. The summed E-state index contributed by atoms with van der Waals surface area (Å²) in [5.74, 6) is 0.553. The maximum atomic E-state index is 11.9. The molecule has 1 amide bonds. The minimum absolute atomic E-state index is 0.0253. The van der Waals surface area contributed by atoms with E-state index in [0.29, 0.717) is 16.1 Å². The van der Waals surface area contributed by atoms with Gasteiger partial charge in [-0.1, -0.05) is 0 Å². The number of pyridine rings is 1. The first-order chi connectivity index (χ1) is 8.15. The molecule has 1 aliphatic rings. The fraction of sp³-hybridized carbons (Fsp3) is 0.500. The molecule has 0 spiro atoms. The van der Waals surface area contributed by atoms with E-state index in [0.717, 1.165) is 26.1 Å². The van der Waals surface area contributed by atoms with Gasteiger partial charge in [-0.05, 0) is 54.0 Å². The summed E-state index contributed by atoms with van der Waals surface area (Å²) < 4.78 is 0.686. The van der Waals surface area contributed by atoms with Gasteiger partial charge in [0, 0.05) is 24.8 Å². The van der Waals surface area contributed by atoms with Crippen LogP contribution in [0.1, 0.15) is 16.8 Å². The number of likely N-dealkylation sites (tertiary alicyclic amines) is 1. The van der Waals surface area contributed by atoms with Gasteiger partial charge in [0.25, 0.3) is 5.91 Å². The highest BCUT2D eigenvalue weighted by Gasteiger charge is 2.19. The average molecular weight is 298 g/mol. The van der Waals surface area contributed by atoms with Crippen LogP contribution in [0.5, 0.6) is 0 Å². The van der Waals surface area contributed by atoms with Crippen molar-refractivity contribution in [1.29, 1.82) is 0 Å². The molecule has 1 atom stereocenters. The van der Waals surface area contributed by atoms with Crippen LogP contribution in [0.4, 0.5) is 0 Å². The van der Waals surface area contributed by atoms with Crippen LogP contribution in [-0.2, 0) is 0 Å². The number of carbonyl (C=O) groups excluding carboxylic acids is 1. The lowest BCUT2D eigenvalue weighted by molar-refractivity contribution is 0.0947. The van der Waals surface area contributed by atoms with Crippen LogP contribution in [0, 0.1) is 5.92 Å². The van der Waals surface area contributed by atoms with E-state index in [2.05, 4.69) is 38.2 Å². The number of amides is 1. The molecule has 1 fully saturated rings. The van der Waals surface area contributed by atoms with Crippen molar-refractivity contribution in [2.24, 2.45) is 5.92 Å². The third-order valence-corrected chi connectivity index (χ3v) is 3.46. The fourth-order valence-corrected chi connectivity index (χ4v) is 2.44. The van der Waals surface area contributed by atoms with E-state index in [1.807, 2.05) is 0 Å². The number of hydrogen-bond donors (Lipinski definition) is 1. The fourth-order valence-electron chi connectivity index (χ4n) is 2.08. The van der Waals surface area contributed by atoms with Gasteiger partial charge in [0.15, 0.2) is 0 Å². The lowest BCUT2D eigenvalue weighted by atomic mass is 10.1. The zero-order valence-electron chi connectivity index (χ0n) is 9.82. The first-order valence-corrected chi connectivity index (χ1v) is 6.53. The van der Waals surface area contributed by atoms with E-state index in [4.69, 9.17) is 0 Å². The molecule has 1 aromatic rings. The highest BCUT2D eigenvalue weighted by molar-refractivity contribution is 9.10. The topological polar surface area (TPSA) is 45.2 Å². The van der Waals surface area contributed by atoms with Gasteiger partial charge >= 0.3 is 0 Å². The number of rotatable bonds is 3. The van der Waals surface area contributed by atoms with E-state index in [1.54, 1.807) is 18.3 Å². The monoisotopic (exact) mass is 297 g/mol. The summed E-state index contributed by atoms with van der Waals surface area (Å²) in [6, 6.07) is 3.46. The second-order valence-electron chi connectivity index (χ2n) is 4.49. The number of carbonyl (C=O) groups is 1. The Morgan fingerprint density at radius 1 is 1.71 bits per heavy atom. The molecule has 2 rings (SSSR count). The summed E-state index contributed by atoms with van der Waals surface area (Å²) in [6.45, 7) is 2.95. The highest BCUT2D eigenvalue weighted by atomic mass is 79.9. The van der Waals surface area contributed by atoms with Gasteiger partial charge < -0.3 is 10.2 Å². The molecule has 1 saturated heterocycles. The molecule has 92 valence electrons. The van der Waals surface area contributed by atoms with Gasteiger partial charge in [0.05, 0.1) is 0 Å². The van der Waals surface area contributed by atoms with E-state index >= 15 is 0 Å². The quantitative estimate of drug-likeness (QED) is 0.861. The van der Waals surface area contributed by atoms with Gasteiger partial charge in [0.1, 0.15) is 4.60 Å². The van der Waals surface area contributed by atoms with E-state index < -0.39 is 0 Å². The van der Waals surface area contributed by atoms with Crippen LogP contribution in [0.25, 0.3) is 0 Å². The van der Waals surface area contributed by atoms with Crippen LogP contribution in [0.3, 0.4) is 0 Å². The van der Waals surface area contributed by atoms with Gasteiger partial charge in [-0.25, -0.2) is 4.98 Å². The Morgan fingerprint density at radius 2 is 2.53 bits per heavy atom. The summed E-state index contributed by atoms with van der Waals surface area (Å²) in [6.07, 6.45) is 2.79. The van der Waals surface area contributed by atoms with Gasteiger partial charge in [-0.3, -0.25) is 4.79 Å². The second-order valence-corrected chi connectivity index (χ2v) is 5.31. The minimum atomic E-state index is -0.0253. The molecule has 1 aliphatic heterocycles. The highest BCUT2D eigenvalue weighted by Crippen LogP contribution is 2.13. The zero-order valence-corrected chi connectivity index (χ0v) is 11.4. The number of nitrogens with one attached hydrogen (secondary N) is 1. The summed E-state index contributed by atoms with van der Waals surface area (Å²) in [4.78, 5) is 18.2. The lowest BCUT2D eigenvalue weighted by Gasteiger charge is -2.11. The molecule has 1 unspecified atom stereocenters. The van der Waals surface area contributed by atoms with Crippen molar-refractivity contribution >= 4 is 21.8 Å². The van der Waals surface area contributed by atoms with Gasteiger partial charge in [0.2, 0.25) is 0 Å². The van der Waals surface area contributed by atoms with Crippen LogP contribution >= 0.6 is 15.9 Å². The summed E-state index contributed by atoms with van der Waals surface area (Å²) >= 11 is 3.26. The SMILES string of the molecule is CN1CCC(CNC(=O)c2ccnc(Br)c2)C1. The van der Waals surface area contributed by atoms with Crippen molar-refractivity contribution < 1.29 is 4.79 Å². The lowest BCUT2D eigenvalue weighted by Crippen LogP contribution is -2.30. The van der Waals surface area contributed by atoms with E-state index in [9.17, 15) is 4.79 Å². The van der Waals surface area contributed by atoms with Crippen molar-refractivity contribution in [2.75, 3.05) is 26.7 Å². The van der Waals surface area contributed by atoms with Crippen molar-refractivity contribution in [1.82, 2.24) is 15.2 Å². The Balaban J connectivity index is 1.85. The Bertz CT molecular complexity index is 410. The number of hydrogen-bond acceptors (Lipinski definition) is 3. The van der Waals surface area contributed by atoms with Crippen LogP contribution in [0.15, 0.2) is 22.9 Å². The molecule has 17 heavy (non-hydrogen) atoms. The molecule has 2 heterocycles. The van der Waals surface area contributed by atoms with Crippen molar-refractivity contribution in [3.8, 4) is 0 Å². The number of aromatic nitrogens is 1. The molecule has 4 nitrogen and oxygen atoms in total. The first-order valence-electron chi connectivity index (χ1n) is 5.73. The molecule has 0 aliphatic carbocycles. The molecule has 0 aromatic carbocycles.